The van der Waals surface area contributed by atoms with Gasteiger partial charge in [0.15, 0.2) is 0 Å². The summed E-state index contributed by atoms with van der Waals surface area (Å²) in [6, 6.07) is 10.6. The second-order valence-electron chi connectivity index (χ2n) is 6.78. The van der Waals surface area contributed by atoms with E-state index in [1.54, 1.807) is 33.1 Å². The summed E-state index contributed by atoms with van der Waals surface area (Å²) >= 11 is 12.7. The van der Waals surface area contributed by atoms with Gasteiger partial charge in [0, 0.05) is 23.8 Å². The summed E-state index contributed by atoms with van der Waals surface area (Å²) in [4.78, 5) is 24.4. The first-order chi connectivity index (χ1) is 15.3. The Balaban J connectivity index is 2.11. The van der Waals surface area contributed by atoms with Gasteiger partial charge in [0.05, 0.1) is 30.7 Å². The number of amides is 1. The lowest BCUT2D eigenvalue weighted by molar-refractivity contribution is -0.138. The molecule has 32 heavy (non-hydrogen) atoms. The van der Waals surface area contributed by atoms with Crippen LogP contribution in [0.25, 0.3) is 0 Å². The van der Waals surface area contributed by atoms with Crippen LogP contribution in [0.15, 0.2) is 48.2 Å². The van der Waals surface area contributed by atoms with Crippen molar-refractivity contribution in [3.05, 3.63) is 69.3 Å². The lowest BCUT2D eigenvalue weighted by Crippen LogP contribution is -2.37. The van der Waals surface area contributed by atoms with Crippen molar-refractivity contribution in [3.63, 3.8) is 0 Å². The van der Waals surface area contributed by atoms with Crippen molar-refractivity contribution in [2.24, 2.45) is 0 Å². The van der Waals surface area contributed by atoms with E-state index < -0.39 is 5.97 Å². The Morgan fingerprint density at radius 2 is 1.75 bits per heavy atom. The number of carbonyl (C=O) groups is 2. The highest BCUT2D eigenvalue weighted by molar-refractivity contribution is 6.35. The summed E-state index contributed by atoms with van der Waals surface area (Å²) in [5.74, 6) is 0.308. The van der Waals surface area contributed by atoms with Crippen molar-refractivity contribution in [2.45, 2.75) is 26.9 Å². The molecule has 0 aromatic heterocycles. The topological polar surface area (TPSA) is 77.1 Å². The Hall–Kier alpha value is -2.90. The molecule has 2 rings (SSSR count). The third kappa shape index (κ3) is 7.07. The monoisotopic (exact) mass is 480 g/mol. The van der Waals surface area contributed by atoms with Crippen molar-refractivity contribution < 1.29 is 23.8 Å². The van der Waals surface area contributed by atoms with Gasteiger partial charge in [-0.2, -0.15) is 0 Å². The number of hydrazine groups is 1. The summed E-state index contributed by atoms with van der Waals surface area (Å²) in [6.07, 6.45) is 1.34. The van der Waals surface area contributed by atoms with E-state index in [-0.39, 0.29) is 25.5 Å². The van der Waals surface area contributed by atoms with Gasteiger partial charge in [-0.05, 0) is 43.7 Å². The average Bonchev–Trinajstić information content (AvgIpc) is 2.79. The zero-order chi connectivity index (χ0) is 23.7. The van der Waals surface area contributed by atoms with Gasteiger partial charge in [-0.15, -0.1) is 0 Å². The van der Waals surface area contributed by atoms with Crippen molar-refractivity contribution >= 4 is 35.1 Å². The maximum Gasteiger partial charge on any atom is 0.335 e. The highest BCUT2D eigenvalue weighted by atomic mass is 35.5. The lowest BCUT2D eigenvalue weighted by Gasteiger charge is -2.20. The summed E-state index contributed by atoms with van der Waals surface area (Å²) in [5, 5.41) is 1.95. The first kappa shape index (κ1) is 25.4. The number of hydrogen-bond donors (Lipinski definition) is 1. The molecule has 0 heterocycles. The maximum atomic E-state index is 12.7. The molecule has 0 aliphatic rings. The average molecular weight is 481 g/mol. The third-order valence-electron chi connectivity index (χ3n) is 4.47. The number of likely N-dealkylation sites (N-methyl/N-ethyl adjacent to an activating group) is 1. The van der Waals surface area contributed by atoms with E-state index in [9.17, 15) is 9.59 Å². The molecule has 1 amide bonds. The van der Waals surface area contributed by atoms with Crippen LogP contribution in [-0.2, 0) is 27.4 Å². The molecular weight excluding hydrogens is 455 g/mol. The Morgan fingerprint density at radius 3 is 2.38 bits per heavy atom. The van der Waals surface area contributed by atoms with Crippen molar-refractivity contribution in [2.75, 3.05) is 20.8 Å². The van der Waals surface area contributed by atoms with Gasteiger partial charge in [0.1, 0.15) is 18.1 Å². The van der Waals surface area contributed by atoms with Gasteiger partial charge in [-0.3, -0.25) is 9.80 Å². The van der Waals surface area contributed by atoms with E-state index in [1.165, 1.54) is 18.3 Å². The molecule has 1 N–H and O–H groups in total. The Kier molecular flexibility index (Phi) is 9.68. The molecule has 0 unspecified atom stereocenters. The first-order valence-corrected chi connectivity index (χ1v) is 10.6. The number of halogens is 2. The normalized spacial score (nSPS) is 11.0. The molecule has 2 aromatic rings. The fraction of sp³-hybridized carbons (Fsp3) is 0.304. The largest absolute Gasteiger partial charge is 0.497 e. The molecule has 7 nitrogen and oxygen atoms in total. The molecule has 0 aliphatic heterocycles. The number of nitrogens with one attached hydrogen (secondary N) is 1. The van der Waals surface area contributed by atoms with E-state index in [4.69, 9.17) is 37.4 Å². The zero-order valence-electron chi connectivity index (χ0n) is 18.4. The van der Waals surface area contributed by atoms with Crippen molar-refractivity contribution in [1.29, 1.82) is 0 Å². The number of esters is 1. The van der Waals surface area contributed by atoms with Crippen LogP contribution >= 0.6 is 23.2 Å². The van der Waals surface area contributed by atoms with Crippen LogP contribution in [0.3, 0.4) is 0 Å². The highest BCUT2D eigenvalue weighted by Crippen LogP contribution is 2.35. The van der Waals surface area contributed by atoms with Crippen LogP contribution in [0.4, 0.5) is 0 Å². The van der Waals surface area contributed by atoms with Gasteiger partial charge in [-0.25, -0.2) is 4.79 Å². The van der Waals surface area contributed by atoms with Crippen molar-refractivity contribution in [3.8, 4) is 11.5 Å². The number of carbonyl (C=O) groups excluding carboxylic acids is 2. The second kappa shape index (κ2) is 12.2. The van der Waals surface area contributed by atoms with E-state index >= 15 is 0 Å². The molecule has 2 aromatic carbocycles. The Labute approximate surface area is 197 Å². The standard InChI is InChI=1S/C23H26Cl2N2O5/c1-5-31-23(29)15(2)13-26-27(3)21(28)12-18-19(24)10-11-20(25)22(18)32-14-16-6-8-17(30-4)9-7-16/h6-11,13,26H,5,12,14H2,1-4H3. The molecule has 0 saturated carbocycles. The molecule has 0 atom stereocenters. The second-order valence-corrected chi connectivity index (χ2v) is 7.59. The van der Waals surface area contributed by atoms with E-state index in [0.717, 1.165) is 11.3 Å². The van der Waals surface area contributed by atoms with Gasteiger partial charge in [0.25, 0.3) is 0 Å². The van der Waals surface area contributed by atoms with Crippen LogP contribution < -0.4 is 14.9 Å². The number of nitrogens with zero attached hydrogens (tertiary/aromatic N) is 1. The molecule has 0 fully saturated rings. The molecule has 9 heteroatoms. The predicted molar refractivity (Wildman–Crippen MR) is 124 cm³/mol. The number of methoxy groups -OCH3 is 1. The lowest BCUT2D eigenvalue weighted by atomic mass is 10.1. The quantitative estimate of drug-likeness (QED) is 0.305. The molecule has 0 spiro atoms. The van der Waals surface area contributed by atoms with Gasteiger partial charge in [-0.1, -0.05) is 35.3 Å². The maximum absolute atomic E-state index is 12.7. The summed E-state index contributed by atoms with van der Waals surface area (Å²) in [5.41, 5.74) is 4.46. The zero-order valence-corrected chi connectivity index (χ0v) is 19.9. The van der Waals surface area contributed by atoms with Gasteiger partial charge in [0.2, 0.25) is 5.91 Å². The molecule has 0 aliphatic carbocycles. The van der Waals surface area contributed by atoms with Crippen molar-refractivity contribution in [1.82, 2.24) is 10.4 Å². The molecule has 0 bridgehead atoms. The number of hydrogen-bond acceptors (Lipinski definition) is 6. The predicted octanol–water partition coefficient (Wildman–Crippen LogP) is 4.55. The molecule has 0 saturated heterocycles. The van der Waals surface area contributed by atoms with Crippen LogP contribution in [0.2, 0.25) is 10.0 Å². The van der Waals surface area contributed by atoms with E-state index in [0.29, 0.717) is 26.9 Å². The first-order valence-electron chi connectivity index (χ1n) is 9.86. The number of ether oxygens (including phenoxy) is 3. The third-order valence-corrected chi connectivity index (χ3v) is 5.12. The van der Waals surface area contributed by atoms with Gasteiger partial charge >= 0.3 is 5.97 Å². The SMILES string of the molecule is CCOC(=O)C(C)=CNN(C)C(=O)Cc1c(Cl)ccc(Cl)c1OCc1ccc(OC)cc1. The van der Waals surface area contributed by atoms with E-state index in [1.807, 2.05) is 24.3 Å². The highest BCUT2D eigenvalue weighted by Gasteiger charge is 2.19. The summed E-state index contributed by atoms with van der Waals surface area (Å²) < 4.78 is 16.0. The summed E-state index contributed by atoms with van der Waals surface area (Å²) in [6.45, 7) is 3.81. The number of benzene rings is 2. The Morgan fingerprint density at radius 1 is 1.09 bits per heavy atom. The van der Waals surface area contributed by atoms with Crippen LogP contribution in [0, 0.1) is 0 Å². The van der Waals surface area contributed by atoms with Gasteiger partial charge < -0.3 is 19.6 Å². The van der Waals surface area contributed by atoms with Crippen LogP contribution in [0.5, 0.6) is 11.5 Å². The fourth-order valence-corrected chi connectivity index (χ4v) is 3.06. The smallest absolute Gasteiger partial charge is 0.335 e. The van der Waals surface area contributed by atoms with E-state index in [2.05, 4.69) is 5.43 Å². The Bertz CT molecular complexity index is 977. The molecular formula is C23H26Cl2N2O5. The minimum absolute atomic E-state index is 0.0624. The number of rotatable bonds is 10. The summed E-state index contributed by atoms with van der Waals surface area (Å²) in [7, 11) is 3.13. The van der Waals surface area contributed by atoms with Crippen LogP contribution in [0.1, 0.15) is 25.0 Å². The van der Waals surface area contributed by atoms with Crippen LogP contribution in [-0.4, -0.2) is 37.6 Å². The minimum atomic E-state index is -0.465. The molecule has 0 radical (unpaired) electrons. The molecule has 172 valence electrons. The fourth-order valence-electron chi connectivity index (χ4n) is 2.61. The minimum Gasteiger partial charge on any atom is -0.497 e.